The zero-order chi connectivity index (χ0) is 18.2. The van der Waals surface area contributed by atoms with E-state index >= 15 is 0 Å². The summed E-state index contributed by atoms with van der Waals surface area (Å²) in [4.78, 5) is 5.96. The average Bonchev–Trinajstić information content (AvgIpc) is 2.56. The van der Waals surface area contributed by atoms with Gasteiger partial charge in [-0.2, -0.15) is 14.0 Å². The number of nitrogens with zero attached hydrogens (tertiary/aromatic N) is 3. The molecule has 6 nitrogen and oxygen atoms in total. The van der Waals surface area contributed by atoms with Gasteiger partial charge < -0.3 is 9.64 Å². The van der Waals surface area contributed by atoms with E-state index in [2.05, 4.69) is 9.72 Å². The lowest BCUT2D eigenvalue weighted by atomic mass is 10.1. The Labute approximate surface area is 143 Å². The molecule has 3 rings (SSSR count). The molecular formula is C16H15F2N3O3S. The lowest BCUT2D eigenvalue weighted by Gasteiger charge is -2.33. The number of hydrogen-bond donors (Lipinski definition) is 0. The van der Waals surface area contributed by atoms with Crippen LogP contribution < -0.4 is 9.64 Å². The quantitative estimate of drug-likeness (QED) is 0.828. The predicted molar refractivity (Wildman–Crippen MR) is 88.6 cm³/mol. The molecule has 0 bridgehead atoms. The average molecular weight is 367 g/mol. The molecule has 1 aliphatic rings. The molecule has 132 valence electrons. The smallest absolute Gasteiger partial charge is 0.387 e. The van der Waals surface area contributed by atoms with Crippen molar-refractivity contribution < 1.29 is 21.9 Å². The molecular weight excluding hydrogens is 352 g/mol. The van der Waals surface area contributed by atoms with Crippen molar-refractivity contribution in [2.45, 2.75) is 18.8 Å². The van der Waals surface area contributed by atoms with Crippen molar-refractivity contribution >= 4 is 26.4 Å². The third kappa shape index (κ3) is 3.35. The molecule has 1 unspecified atom stereocenters. The van der Waals surface area contributed by atoms with Crippen LogP contribution in [0, 0.1) is 11.3 Å². The number of nitriles is 1. The Morgan fingerprint density at radius 2 is 2.20 bits per heavy atom. The topological polar surface area (TPSA) is 83.3 Å². The Balaban J connectivity index is 2.13. The highest BCUT2D eigenvalue weighted by molar-refractivity contribution is 7.92. The summed E-state index contributed by atoms with van der Waals surface area (Å²) in [5.41, 5.74) is 1.26. The van der Waals surface area contributed by atoms with Gasteiger partial charge in [0.2, 0.25) is 0 Å². The number of aromatic nitrogens is 1. The molecule has 0 radical (unpaired) electrons. The van der Waals surface area contributed by atoms with E-state index in [1.54, 1.807) is 11.8 Å². The van der Waals surface area contributed by atoms with Crippen molar-refractivity contribution in [2.24, 2.45) is 0 Å². The minimum atomic E-state index is -3.16. The number of ether oxygens (including phenoxy) is 1. The molecule has 1 aromatic heterocycles. The first-order chi connectivity index (χ1) is 11.8. The molecule has 1 aliphatic heterocycles. The molecule has 0 N–H and O–H groups in total. The van der Waals surface area contributed by atoms with Crippen LogP contribution in [0.1, 0.15) is 12.5 Å². The fraction of sp³-hybridized carbons (Fsp3) is 0.375. The van der Waals surface area contributed by atoms with Crippen LogP contribution in [0.25, 0.3) is 10.9 Å². The van der Waals surface area contributed by atoms with E-state index in [1.165, 1.54) is 24.4 Å². The van der Waals surface area contributed by atoms with E-state index in [1.807, 2.05) is 6.07 Å². The van der Waals surface area contributed by atoms with Gasteiger partial charge in [0, 0.05) is 24.7 Å². The maximum Gasteiger partial charge on any atom is 0.387 e. The fourth-order valence-corrected chi connectivity index (χ4v) is 4.20. The van der Waals surface area contributed by atoms with Crippen molar-refractivity contribution in [1.82, 2.24) is 4.98 Å². The molecule has 9 heteroatoms. The Hall–Kier alpha value is -2.47. The highest BCUT2D eigenvalue weighted by atomic mass is 32.2. The second-order valence-corrected chi connectivity index (χ2v) is 8.35. The van der Waals surface area contributed by atoms with Gasteiger partial charge in [0.25, 0.3) is 0 Å². The number of pyridine rings is 1. The fourth-order valence-electron chi connectivity index (χ4n) is 2.91. The van der Waals surface area contributed by atoms with Gasteiger partial charge in [-0.05, 0) is 25.1 Å². The van der Waals surface area contributed by atoms with Crippen LogP contribution in [0.2, 0.25) is 0 Å². The third-order valence-electron chi connectivity index (χ3n) is 4.21. The van der Waals surface area contributed by atoms with Crippen LogP contribution in [-0.4, -0.2) is 44.1 Å². The Kier molecular flexibility index (Phi) is 4.47. The number of fused-ring (bicyclic) bond motifs is 1. The molecule has 1 saturated heterocycles. The van der Waals surface area contributed by atoms with E-state index in [-0.39, 0.29) is 30.2 Å². The summed E-state index contributed by atoms with van der Waals surface area (Å²) in [6.07, 6.45) is 1.40. The highest BCUT2D eigenvalue weighted by Crippen LogP contribution is 2.34. The summed E-state index contributed by atoms with van der Waals surface area (Å²) >= 11 is 0. The lowest BCUT2D eigenvalue weighted by molar-refractivity contribution is -0.0497. The van der Waals surface area contributed by atoms with E-state index in [9.17, 15) is 22.5 Å². The molecule has 1 aromatic carbocycles. The zero-order valence-electron chi connectivity index (χ0n) is 13.3. The minimum absolute atomic E-state index is 0.0317. The van der Waals surface area contributed by atoms with Gasteiger partial charge >= 0.3 is 6.61 Å². The van der Waals surface area contributed by atoms with Gasteiger partial charge in [-0.1, -0.05) is 0 Å². The monoisotopic (exact) mass is 367 g/mol. The second kappa shape index (κ2) is 6.44. The molecule has 2 heterocycles. The largest absolute Gasteiger partial charge is 0.435 e. The number of sulfone groups is 1. The standard InChI is InChI=1S/C16H15F2N3O3S/c1-10-9-21(4-5-25(10,22)23)15-11(7-19)8-20-14-3-2-12(6-13(14)15)24-16(17)18/h2-3,6,8,10,16H,4-5,9H2,1H3. The maximum absolute atomic E-state index is 12.5. The number of hydrogen-bond acceptors (Lipinski definition) is 6. The first-order valence-electron chi connectivity index (χ1n) is 7.56. The molecule has 2 aromatic rings. The van der Waals surface area contributed by atoms with Crippen molar-refractivity contribution in [2.75, 3.05) is 23.7 Å². The van der Waals surface area contributed by atoms with Crippen LogP contribution >= 0.6 is 0 Å². The minimum Gasteiger partial charge on any atom is -0.435 e. The zero-order valence-corrected chi connectivity index (χ0v) is 14.1. The van der Waals surface area contributed by atoms with Crippen molar-refractivity contribution in [1.29, 1.82) is 5.26 Å². The number of anilines is 1. The van der Waals surface area contributed by atoms with Gasteiger partial charge in [-0.3, -0.25) is 4.98 Å². The molecule has 0 amide bonds. The number of rotatable bonds is 3. The van der Waals surface area contributed by atoms with Crippen LogP contribution in [0.5, 0.6) is 5.75 Å². The van der Waals surface area contributed by atoms with Crippen molar-refractivity contribution in [3.63, 3.8) is 0 Å². The molecule has 0 aliphatic carbocycles. The summed E-state index contributed by atoms with van der Waals surface area (Å²) in [7, 11) is -3.16. The first-order valence-corrected chi connectivity index (χ1v) is 9.27. The summed E-state index contributed by atoms with van der Waals surface area (Å²) in [6, 6.07) is 6.34. The first kappa shape index (κ1) is 17.4. The number of alkyl halides is 2. The summed E-state index contributed by atoms with van der Waals surface area (Å²) < 4.78 is 53.3. The van der Waals surface area contributed by atoms with Crippen LogP contribution in [-0.2, 0) is 9.84 Å². The lowest BCUT2D eigenvalue weighted by Crippen LogP contribution is -2.45. The molecule has 0 saturated carbocycles. The molecule has 0 spiro atoms. The highest BCUT2D eigenvalue weighted by Gasteiger charge is 2.31. The van der Waals surface area contributed by atoms with E-state index < -0.39 is 21.7 Å². The second-order valence-electron chi connectivity index (χ2n) is 5.81. The normalized spacial score (nSPS) is 19.8. The SMILES string of the molecule is CC1CN(c2c(C#N)cnc3ccc(OC(F)F)cc23)CCS1(=O)=O. The van der Waals surface area contributed by atoms with E-state index in [0.29, 0.717) is 16.6 Å². The summed E-state index contributed by atoms with van der Waals surface area (Å²) in [6.45, 7) is -0.910. The van der Waals surface area contributed by atoms with Gasteiger partial charge in [0.15, 0.2) is 9.84 Å². The third-order valence-corrected chi connectivity index (χ3v) is 6.34. The number of halogens is 2. The van der Waals surface area contributed by atoms with Crippen LogP contribution in [0.3, 0.4) is 0 Å². The van der Waals surface area contributed by atoms with E-state index in [0.717, 1.165) is 0 Å². The molecule has 25 heavy (non-hydrogen) atoms. The van der Waals surface area contributed by atoms with E-state index in [4.69, 9.17) is 0 Å². The van der Waals surface area contributed by atoms with Crippen molar-refractivity contribution in [3.8, 4) is 11.8 Å². The van der Waals surface area contributed by atoms with Gasteiger partial charge in [0.05, 0.1) is 27.8 Å². The number of benzene rings is 1. The van der Waals surface area contributed by atoms with Crippen LogP contribution in [0.4, 0.5) is 14.5 Å². The predicted octanol–water partition coefficient (Wildman–Crippen LogP) is 2.33. The summed E-state index contributed by atoms with van der Waals surface area (Å²) in [5.74, 6) is -0.0749. The van der Waals surface area contributed by atoms with Gasteiger partial charge in [-0.25, -0.2) is 8.42 Å². The maximum atomic E-state index is 12.5. The Bertz CT molecular complexity index is 957. The van der Waals surface area contributed by atoms with Gasteiger partial charge in [-0.15, -0.1) is 0 Å². The summed E-state index contributed by atoms with van der Waals surface area (Å²) in [5, 5.41) is 9.29. The molecule has 1 atom stereocenters. The Morgan fingerprint density at radius 3 is 2.84 bits per heavy atom. The molecule has 1 fully saturated rings. The van der Waals surface area contributed by atoms with Crippen molar-refractivity contribution in [3.05, 3.63) is 30.0 Å². The van der Waals surface area contributed by atoms with Crippen LogP contribution in [0.15, 0.2) is 24.4 Å². The van der Waals surface area contributed by atoms with Gasteiger partial charge in [0.1, 0.15) is 11.8 Å². The Morgan fingerprint density at radius 1 is 1.44 bits per heavy atom.